The van der Waals surface area contributed by atoms with Gasteiger partial charge in [0.1, 0.15) is 0 Å². The van der Waals surface area contributed by atoms with Crippen LogP contribution in [0.1, 0.15) is 0 Å². The molecule has 0 amide bonds. The molecule has 66 heavy (non-hydrogen) atoms. The van der Waals surface area contributed by atoms with Crippen molar-refractivity contribution < 1.29 is 0 Å². The van der Waals surface area contributed by atoms with Gasteiger partial charge in [0.15, 0.2) is 23.3 Å². The Labute approximate surface area is 384 Å². The van der Waals surface area contributed by atoms with Gasteiger partial charge in [0, 0.05) is 33.4 Å². The predicted octanol–water partition coefficient (Wildman–Crippen LogP) is 15.3. The lowest BCUT2D eigenvalue weighted by Gasteiger charge is -2.17. The number of rotatable bonds is 10. The third-order valence-corrected chi connectivity index (χ3v) is 11.8. The minimum Gasteiger partial charge on any atom is -0.228 e. The Bertz CT molecular complexity index is 3280. The lowest BCUT2D eigenvalue weighted by molar-refractivity contribution is 1.07. The van der Waals surface area contributed by atoms with Crippen molar-refractivity contribution in [3.63, 3.8) is 0 Å². The van der Waals surface area contributed by atoms with Crippen LogP contribution >= 0.6 is 0 Å². The maximum atomic E-state index is 5.10. The fourth-order valence-electron chi connectivity index (χ4n) is 8.43. The first-order valence-corrected chi connectivity index (χ1v) is 22.1. The van der Waals surface area contributed by atoms with Crippen LogP contribution in [0.3, 0.4) is 0 Å². The van der Waals surface area contributed by atoms with E-state index in [1.807, 2.05) is 97.1 Å². The van der Waals surface area contributed by atoms with Crippen molar-refractivity contribution in [2.75, 3.05) is 0 Å². The molecule has 0 saturated heterocycles. The van der Waals surface area contributed by atoms with E-state index in [1.54, 1.807) is 0 Å². The molecule has 9 aromatic carbocycles. The molecule has 0 spiro atoms. The highest BCUT2D eigenvalue weighted by Gasteiger charge is 2.18. The van der Waals surface area contributed by atoms with Crippen LogP contribution < -0.4 is 0 Å². The predicted molar refractivity (Wildman–Crippen MR) is 270 cm³/mol. The standard InChI is InChI=1S/C61H41N5/c1-6-17-42(18-7-1)43-29-31-44(32-30-43)53-27-16-28-54(45-33-37-51(38-34-45)58-62-55(46-19-8-2-9-20-46)41-56(63-58)47-21-10-3-11-22-47)57(53)48-35-39-52(40-36-48)61-65-59(49-23-12-4-13-24-49)64-60(66-61)50-25-14-5-15-26-50/h1-41H. The van der Waals surface area contributed by atoms with Crippen LogP contribution in [0.25, 0.3) is 113 Å². The molecule has 5 nitrogen and oxygen atoms in total. The molecule has 0 aliphatic carbocycles. The molecule has 2 heterocycles. The summed E-state index contributed by atoms with van der Waals surface area (Å²) in [4.78, 5) is 25.1. The minimum absolute atomic E-state index is 0.615. The lowest BCUT2D eigenvalue weighted by Crippen LogP contribution is -2.00. The zero-order valence-electron chi connectivity index (χ0n) is 35.9. The molecular formula is C61H41N5. The van der Waals surface area contributed by atoms with Crippen molar-refractivity contribution >= 4 is 0 Å². The topological polar surface area (TPSA) is 64.5 Å². The summed E-state index contributed by atoms with van der Waals surface area (Å²) >= 11 is 0. The third kappa shape index (κ3) is 8.32. The lowest BCUT2D eigenvalue weighted by atomic mass is 9.86. The maximum Gasteiger partial charge on any atom is 0.164 e. The Hall–Kier alpha value is -8.93. The van der Waals surface area contributed by atoms with Gasteiger partial charge >= 0.3 is 0 Å². The molecule has 310 valence electrons. The Morgan fingerprint density at radius 1 is 0.182 bits per heavy atom. The number of hydrogen-bond donors (Lipinski definition) is 0. The summed E-state index contributed by atoms with van der Waals surface area (Å²) in [6.07, 6.45) is 0. The van der Waals surface area contributed by atoms with Crippen LogP contribution in [0.5, 0.6) is 0 Å². The van der Waals surface area contributed by atoms with Crippen molar-refractivity contribution in [3.05, 3.63) is 249 Å². The molecule has 0 bridgehead atoms. The quantitative estimate of drug-likeness (QED) is 0.137. The van der Waals surface area contributed by atoms with Gasteiger partial charge in [-0.15, -0.1) is 0 Å². The fraction of sp³-hybridized carbons (Fsp3) is 0. The molecule has 5 heteroatoms. The number of hydrogen-bond acceptors (Lipinski definition) is 5. The molecule has 0 N–H and O–H groups in total. The van der Waals surface area contributed by atoms with Crippen LogP contribution in [0.4, 0.5) is 0 Å². The Kier molecular flexibility index (Phi) is 10.9. The Balaban J connectivity index is 1.01. The average molecular weight is 844 g/mol. The minimum atomic E-state index is 0.615. The highest BCUT2D eigenvalue weighted by atomic mass is 15.0. The summed E-state index contributed by atoms with van der Waals surface area (Å²) in [5.74, 6) is 2.55. The second-order valence-corrected chi connectivity index (χ2v) is 16.1. The second kappa shape index (κ2) is 18.0. The molecule has 0 fully saturated rings. The van der Waals surface area contributed by atoms with Gasteiger partial charge in [0.25, 0.3) is 0 Å². The van der Waals surface area contributed by atoms with E-state index in [1.165, 1.54) is 11.1 Å². The molecule has 0 atom stereocenters. The molecule has 2 aromatic heterocycles. The third-order valence-electron chi connectivity index (χ3n) is 11.8. The van der Waals surface area contributed by atoms with Gasteiger partial charge < -0.3 is 0 Å². The first-order chi connectivity index (χ1) is 32.7. The summed E-state index contributed by atoms with van der Waals surface area (Å²) < 4.78 is 0. The Morgan fingerprint density at radius 2 is 0.455 bits per heavy atom. The maximum absolute atomic E-state index is 5.10. The van der Waals surface area contributed by atoms with Crippen LogP contribution in [0.15, 0.2) is 249 Å². The van der Waals surface area contributed by atoms with E-state index in [2.05, 4.69) is 152 Å². The monoisotopic (exact) mass is 843 g/mol. The van der Waals surface area contributed by atoms with Crippen molar-refractivity contribution in [3.8, 4) is 113 Å². The van der Waals surface area contributed by atoms with Crippen LogP contribution in [-0.2, 0) is 0 Å². The van der Waals surface area contributed by atoms with Crippen molar-refractivity contribution in [1.82, 2.24) is 24.9 Å². The van der Waals surface area contributed by atoms with Crippen LogP contribution in [0.2, 0.25) is 0 Å². The Morgan fingerprint density at radius 3 is 0.848 bits per heavy atom. The largest absolute Gasteiger partial charge is 0.228 e. The number of aromatic nitrogens is 5. The van der Waals surface area contributed by atoms with Crippen molar-refractivity contribution in [1.29, 1.82) is 0 Å². The highest BCUT2D eigenvalue weighted by Crippen LogP contribution is 2.42. The molecule has 11 rings (SSSR count). The van der Waals surface area contributed by atoms with Gasteiger partial charge in [-0.3, -0.25) is 0 Å². The van der Waals surface area contributed by atoms with Crippen LogP contribution in [-0.4, -0.2) is 24.9 Å². The zero-order valence-corrected chi connectivity index (χ0v) is 35.9. The second-order valence-electron chi connectivity index (χ2n) is 16.1. The summed E-state index contributed by atoms with van der Waals surface area (Å²) in [5, 5.41) is 0. The first-order valence-electron chi connectivity index (χ1n) is 22.1. The molecule has 11 aromatic rings. The molecule has 0 radical (unpaired) electrons. The van der Waals surface area contributed by atoms with Gasteiger partial charge in [0.2, 0.25) is 0 Å². The molecule has 0 saturated carbocycles. The SMILES string of the molecule is c1ccc(-c2ccc(-c3cccc(-c4ccc(-c5nc(-c6ccccc6)cc(-c6ccccc6)n5)cc4)c3-c3ccc(-c4nc(-c5ccccc5)nc(-c5ccccc5)n4)cc3)cc2)cc1. The van der Waals surface area contributed by atoms with E-state index < -0.39 is 0 Å². The van der Waals surface area contributed by atoms with Crippen molar-refractivity contribution in [2.45, 2.75) is 0 Å². The molecule has 0 aliphatic rings. The average Bonchev–Trinajstić information content (AvgIpc) is 3.42. The van der Waals surface area contributed by atoms with E-state index in [9.17, 15) is 0 Å². The normalized spacial score (nSPS) is 11.0. The van der Waals surface area contributed by atoms with Gasteiger partial charge in [-0.1, -0.05) is 243 Å². The van der Waals surface area contributed by atoms with Gasteiger partial charge in [-0.2, -0.15) is 0 Å². The van der Waals surface area contributed by atoms with E-state index in [0.717, 1.165) is 78.1 Å². The van der Waals surface area contributed by atoms with E-state index >= 15 is 0 Å². The van der Waals surface area contributed by atoms with E-state index in [4.69, 9.17) is 24.9 Å². The number of benzene rings is 9. The summed E-state index contributed by atoms with van der Waals surface area (Å²) in [5.41, 5.74) is 16.6. The van der Waals surface area contributed by atoms with Gasteiger partial charge in [-0.05, 0) is 50.6 Å². The van der Waals surface area contributed by atoms with Gasteiger partial charge in [0.05, 0.1) is 11.4 Å². The van der Waals surface area contributed by atoms with E-state index in [0.29, 0.717) is 23.3 Å². The first kappa shape index (κ1) is 39.9. The summed E-state index contributed by atoms with van der Waals surface area (Å²) in [6, 6.07) is 86.1. The van der Waals surface area contributed by atoms with Crippen molar-refractivity contribution in [2.24, 2.45) is 0 Å². The summed E-state index contributed by atoms with van der Waals surface area (Å²) in [6.45, 7) is 0. The zero-order chi connectivity index (χ0) is 44.1. The number of nitrogens with zero attached hydrogens (tertiary/aromatic N) is 5. The highest BCUT2D eigenvalue weighted by molar-refractivity contribution is 5.95. The summed E-state index contributed by atoms with van der Waals surface area (Å²) in [7, 11) is 0. The molecule has 0 aliphatic heterocycles. The van der Waals surface area contributed by atoms with E-state index in [-0.39, 0.29) is 0 Å². The fourth-order valence-corrected chi connectivity index (χ4v) is 8.43. The van der Waals surface area contributed by atoms with Gasteiger partial charge in [-0.25, -0.2) is 24.9 Å². The smallest absolute Gasteiger partial charge is 0.164 e. The van der Waals surface area contributed by atoms with Crippen LogP contribution in [0, 0.1) is 0 Å². The molecular weight excluding hydrogens is 803 g/mol. The molecule has 0 unspecified atom stereocenters.